The number of hydrogen-bond donors (Lipinski definition) is 2. The lowest BCUT2D eigenvalue weighted by Crippen LogP contribution is -1.99. The average Bonchev–Trinajstić information content (AvgIpc) is 3.39. The maximum atomic E-state index is 12.8. The first-order chi connectivity index (χ1) is 12.6. The molecule has 0 spiro atoms. The summed E-state index contributed by atoms with van der Waals surface area (Å²) < 4.78 is 0. The van der Waals surface area contributed by atoms with Crippen LogP contribution in [-0.4, -0.2) is 10.2 Å². The van der Waals surface area contributed by atoms with Crippen molar-refractivity contribution in [2.24, 2.45) is 0 Å². The van der Waals surface area contributed by atoms with Gasteiger partial charge in [0, 0.05) is 31.3 Å². The molecule has 3 aromatic carbocycles. The van der Waals surface area contributed by atoms with Crippen molar-refractivity contribution >= 4 is 44.2 Å². The van der Waals surface area contributed by atoms with Crippen LogP contribution in [0.15, 0.2) is 56.7 Å². The molecule has 2 heterocycles. The number of benzene rings is 1. The number of fused-ring (bicyclic) bond motifs is 2. The van der Waals surface area contributed by atoms with Gasteiger partial charge in [0.2, 0.25) is 0 Å². The van der Waals surface area contributed by atoms with Crippen LogP contribution in [0.3, 0.4) is 0 Å². The second-order valence-corrected chi connectivity index (χ2v) is 7.90. The van der Waals surface area contributed by atoms with Gasteiger partial charge in [-0.25, -0.2) is 0 Å². The van der Waals surface area contributed by atoms with Gasteiger partial charge in [0.25, 0.3) is 0 Å². The molecule has 0 bridgehead atoms. The minimum absolute atomic E-state index is 0.111. The highest BCUT2D eigenvalue weighted by Crippen LogP contribution is 2.42. The van der Waals surface area contributed by atoms with Crippen LogP contribution in [-0.2, 0) is 0 Å². The summed E-state index contributed by atoms with van der Waals surface area (Å²) in [6.07, 6.45) is 0. The van der Waals surface area contributed by atoms with Crippen LogP contribution in [0, 0.1) is 0 Å². The minimum Gasteiger partial charge on any atom is -0.506 e. The first kappa shape index (κ1) is 15.3. The second kappa shape index (κ2) is 5.27. The Balaban J connectivity index is 1.90. The summed E-state index contributed by atoms with van der Waals surface area (Å²) in [4.78, 5) is 27.0. The monoisotopic (exact) mass is 378 g/mol. The first-order valence-electron chi connectivity index (χ1n) is 7.80. The quantitative estimate of drug-likeness (QED) is 0.476. The van der Waals surface area contributed by atoms with Crippen molar-refractivity contribution in [2.45, 2.75) is 0 Å². The highest BCUT2D eigenvalue weighted by Gasteiger charge is 2.24. The Morgan fingerprint density at radius 1 is 0.654 bits per heavy atom. The van der Waals surface area contributed by atoms with Gasteiger partial charge in [-0.1, -0.05) is 12.1 Å². The molecule has 0 atom stereocenters. The van der Waals surface area contributed by atoms with Crippen molar-refractivity contribution in [3.63, 3.8) is 0 Å². The van der Waals surface area contributed by atoms with Crippen LogP contribution in [0.25, 0.3) is 42.4 Å². The van der Waals surface area contributed by atoms with E-state index < -0.39 is 0 Å². The van der Waals surface area contributed by atoms with Gasteiger partial charge in [0.1, 0.15) is 11.5 Å². The normalized spacial score (nSPS) is 11.7. The van der Waals surface area contributed by atoms with Crippen molar-refractivity contribution in [1.29, 1.82) is 0 Å². The molecule has 5 aromatic rings. The fraction of sp³-hybridized carbons (Fsp3) is 0. The largest absolute Gasteiger partial charge is 0.506 e. The van der Waals surface area contributed by atoms with Gasteiger partial charge in [0.15, 0.2) is 10.9 Å². The molecule has 5 rings (SSSR count). The van der Waals surface area contributed by atoms with Crippen molar-refractivity contribution in [3.8, 4) is 32.4 Å². The van der Waals surface area contributed by atoms with E-state index in [1.807, 2.05) is 22.9 Å². The lowest BCUT2D eigenvalue weighted by atomic mass is 10.1. The molecule has 0 saturated heterocycles. The Morgan fingerprint density at radius 3 is 1.46 bits per heavy atom. The summed E-state index contributed by atoms with van der Waals surface area (Å²) >= 11 is 2.73. The maximum absolute atomic E-state index is 12.8. The van der Waals surface area contributed by atoms with Gasteiger partial charge < -0.3 is 10.2 Å². The summed E-state index contributed by atoms with van der Waals surface area (Å²) in [5, 5.41) is 26.1. The van der Waals surface area contributed by atoms with E-state index in [9.17, 15) is 19.8 Å². The molecule has 4 nitrogen and oxygen atoms in total. The molecule has 6 heteroatoms. The lowest BCUT2D eigenvalue weighted by molar-refractivity contribution is 0.484. The Kier molecular flexibility index (Phi) is 3.10. The van der Waals surface area contributed by atoms with E-state index in [1.54, 1.807) is 12.1 Å². The van der Waals surface area contributed by atoms with E-state index >= 15 is 0 Å². The SMILES string of the molecule is O=c1c(-c2cccs2)c(O)c2cc3c(O)c(-c4cccs4)c(=O)c3cc12. The van der Waals surface area contributed by atoms with Gasteiger partial charge in [-0.15, -0.1) is 22.7 Å². The Morgan fingerprint density at radius 2 is 1.08 bits per heavy atom. The molecular formula is C20H10O4S2. The predicted molar refractivity (Wildman–Crippen MR) is 106 cm³/mol. The minimum atomic E-state index is -0.306. The van der Waals surface area contributed by atoms with Crippen molar-refractivity contribution in [2.75, 3.05) is 0 Å². The topological polar surface area (TPSA) is 74.6 Å². The fourth-order valence-electron chi connectivity index (χ4n) is 3.42. The number of thiophene rings is 2. The number of hydrogen-bond acceptors (Lipinski definition) is 6. The summed E-state index contributed by atoms with van der Waals surface area (Å²) in [7, 11) is 0. The van der Waals surface area contributed by atoms with E-state index in [-0.39, 0.29) is 33.5 Å². The van der Waals surface area contributed by atoms with Crippen LogP contribution in [0.4, 0.5) is 0 Å². The van der Waals surface area contributed by atoms with Crippen LogP contribution in [0.1, 0.15) is 0 Å². The van der Waals surface area contributed by atoms with Crippen molar-refractivity contribution < 1.29 is 10.2 Å². The highest BCUT2D eigenvalue weighted by molar-refractivity contribution is 7.13. The van der Waals surface area contributed by atoms with E-state index in [2.05, 4.69) is 0 Å². The standard InChI is InChI=1S/C20H10O4S2/c21-17-9-7-11-12(20(24)16(19(11)23)14-4-2-6-26-14)8-10(9)18(22)15(17)13-3-1-5-25-13/h1-8,21,23H. The third kappa shape index (κ3) is 1.88. The molecule has 0 saturated carbocycles. The number of aromatic hydroxyl groups is 2. The fourth-order valence-corrected chi connectivity index (χ4v) is 4.96. The molecule has 0 radical (unpaired) electrons. The molecule has 0 amide bonds. The molecule has 126 valence electrons. The van der Waals surface area contributed by atoms with E-state index in [4.69, 9.17) is 0 Å². The zero-order valence-electron chi connectivity index (χ0n) is 13.1. The molecule has 0 unspecified atom stereocenters. The van der Waals surface area contributed by atoms with Crippen LogP contribution >= 0.6 is 22.7 Å². The summed E-state index contributed by atoms with van der Waals surface area (Å²) in [5.41, 5.74) is -0.125. The molecule has 0 aliphatic heterocycles. The van der Waals surface area contributed by atoms with Crippen molar-refractivity contribution in [3.05, 3.63) is 67.6 Å². The zero-order valence-corrected chi connectivity index (χ0v) is 14.8. The summed E-state index contributed by atoms with van der Waals surface area (Å²) in [6, 6.07) is 10.2. The van der Waals surface area contributed by atoms with Gasteiger partial charge >= 0.3 is 0 Å². The maximum Gasteiger partial charge on any atom is 0.198 e. The molecular weight excluding hydrogens is 368 g/mol. The molecule has 2 aromatic heterocycles. The van der Waals surface area contributed by atoms with Crippen LogP contribution in [0.2, 0.25) is 0 Å². The van der Waals surface area contributed by atoms with E-state index in [0.29, 0.717) is 31.3 Å². The van der Waals surface area contributed by atoms with Gasteiger partial charge in [-0.2, -0.15) is 0 Å². The Labute approximate surface area is 154 Å². The van der Waals surface area contributed by atoms with Gasteiger partial charge in [-0.3, -0.25) is 9.59 Å². The molecule has 0 aliphatic rings. The predicted octanol–water partition coefficient (Wildman–Crippen LogP) is 4.46. The summed E-state index contributed by atoms with van der Waals surface area (Å²) in [6.45, 7) is 0. The molecule has 26 heavy (non-hydrogen) atoms. The smallest absolute Gasteiger partial charge is 0.198 e. The van der Waals surface area contributed by atoms with Gasteiger partial charge in [0.05, 0.1) is 11.1 Å². The Hall–Kier alpha value is -2.96. The zero-order chi connectivity index (χ0) is 18.0. The van der Waals surface area contributed by atoms with Crippen LogP contribution in [0.5, 0.6) is 11.5 Å². The highest BCUT2D eigenvalue weighted by atomic mass is 32.1. The Bertz CT molecular complexity index is 1270. The van der Waals surface area contributed by atoms with Crippen LogP contribution < -0.4 is 10.9 Å². The number of rotatable bonds is 2. The van der Waals surface area contributed by atoms with Crippen molar-refractivity contribution in [1.82, 2.24) is 0 Å². The van der Waals surface area contributed by atoms with E-state index in [0.717, 1.165) is 0 Å². The third-order valence-corrected chi connectivity index (χ3v) is 6.39. The molecule has 0 aliphatic carbocycles. The molecule has 2 N–H and O–H groups in total. The first-order valence-corrected chi connectivity index (χ1v) is 9.56. The van der Waals surface area contributed by atoms with E-state index in [1.165, 1.54) is 34.8 Å². The average molecular weight is 378 g/mol. The molecule has 0 fully saturated rings. The third-order valence-electron chi connectivity index (χ3n) is 4.62. The lowest BCUT2D eigenvalue weighted by Gasteiger charge is -1.96. The second-order valence-electron chi connectivity index (χ2n) is 6.00. The summed E-state index contributed by atoms with van der Waals surface area (Å²) in [5.74, 6) is -0.222. The van der Waals surface area contributed by atoms with Gasteiger partial charge in [-0.05, 0) is 35.0 Å².